The number of sulfonamides is 1. The highest BCUT2D eigenvalue weighted by Crippen LogP contribution is 2.36. The summed E-state index contributed by atoms with van der Waals surface area (Å²) in [4.78, 5) is 12.3. The molecule has 0 bridgehead atoms. The Labute approximate surface area is 177 Å². The van der Waals surface area contributed by atoms with Crippen LogP contribution in [0.2, 0.25) is 5.02 Å². The molecule has 0 aromatic heterocycles. The summed E-state index contributed by atoms with van der Waals surface area (Å²) in [6, 6.07) is 5.90. The van der Waals surface area contributed by atoms with Crippen LogP contribution >= 0.6 is 11.6 Å². The largest absolute Gasteiger partial charge is 0.573 e. The van der Waals surface area contributed by atoms with E-state index in [1.165, 1.54) is 0 Å². The van der Waals surface area contributed by atoms with E-state index in [1.54, 1.807) is 0 Å². The minimum absolute atomic E-state index is 0.0110. The maximum absolute atomic E-state index is 13.0. The van der Waals surface area contributed by atoms with Gasteiger partial charge < -0.3 is 10.1 Å². The van der Waals surface area contributed by atoms with Gasteiger partial charge in [0.15, 0.2) is 0 Å². The Bertz CT molecular complexity index is 1060. The summed E-state index contributed by atoms with van der Waals surface area (Å²) < 4.78 is 104. The van der Waals surface area contributed by atoms with Gasteiger partial charge in [0.2, 0.25) is 15.9 Å². The van der Waals surface area contributed by atoms with E-state index in [0.29, 0.717) is 22.7 Å². The van der Waals surface area contributed by atoms with E-state index in [1.807, 2.05) is 0 Å². The number of nitrogens with one attached hydrogen (secondary N) is 1. The van der Waals surface area contributed by atoms with Gasteiger partial charge in [-0.3, -0.25) is 9.10 Å². The molecule has 14 heteroatoms. The lowest BCUT2D eigenvalue weighted by Crippen LogP contribution is -2.37. The van der Waals surface area contributed by atoms with Crippen LogP contribution in [0.15, 0.2) is 42.5 Å². The molecule has 0 aliphatic heterocycles. The molecule has 0 unspecified atom stereocenters. The summed E-state index contributed by atoms with van der Waals surface area (Å²) in [6.07, 6.45) is -9.03. The van der Waals surface area contributed by atoms with Crippen molar-refractivity contribution in [1.29, 1.82) is 0 Å². The van der Waals surface area contributed by atoms with Gasteiger partial charge in [-0.1, -0.05) is 11.6 Å². The molecule has 0 saturated heterocycles. The molecule has 6 nitrogen and oxygen atoms in total. The molecule has 0 saturated carbocycles. The molecule has 0 aliphatic rings. The second-order valence-electron chi connectivity index (χ2n) is 6.05. The maximum atomic E-state index is 13.0. The van der Waals surface area contributed by atoms with Crippen LogP contribution in [0.5, 0.6) is 5.75 Å². The van der Waals surface area contributed by atoms with Gasteiger partial charge in [0.1, 0.15) is 12.3 Å². The monoisotopic (exact) mass is 490 g/mol. The van der Waals surface area contributed by atoms with Crippen LogP contribution in [-0.2, 0) is 21.0 Å². The van der Waals surface area contributed by atoms with Gasteiger partial charge in [0, 0.05) is 5.69 Å². The highest BCUT2D eigenvalue weighted by molar-refractivity contribution is 7.92. The smallest absolute Gasteiger partial charge is 0.406 e. The molecule has 1 amide bonds. The minimum atomic E-state index is -4.91. The van der Waals surface area contributed by atoms with Crippen LogP contribution in [0.3, 0.4) is 0 Å². The zero-order valence-corrected chi connectivity index (χ0v) is 17.0. The van der Waals surface area contributed by atoms with Crippen molar-refractivity contribution in [2.24, 2.45) is 0 Å². The van der Waals surface area contributed by atoms with Crippen LogP contribution in [-0.4, -0.2) is 33.5 Å². The summed E-state index contributed by atoms with van der Waals surface area (Å²) in [5, 5.41) is 1.87. The Hall–Kier alpha value is -2.67. The Morgan fingerprint density at radius 3 is 2.13 bits per heavy atom. The lowest BCUT2D eigenvalue weighted by atomic mass is 10.2. The number of rotatable bonds is 6. The van der Waals surface area contributed by atoms with E-state index in [2.05, 4.69) is 10.1 Å². The Morgan fingerprint density at radius 2 is 1.65 bits per heavy atom. The SMILES string of the molecule is CS(=O)(=O)N(CC(=O)Nc1ccc(OC(F)(F)F)cc1)c1cc(C(F)(F)F)ccc1Cl. The Morgan fingerprint density at radius 1 is 1.06 bits per heavy atom. The van der Waals surface area contributed by atoms with Gasteiger partial charge >= 0.3 is 12.5 Å². The molecule has 0 aliphatic carbocycles. The average molecular weight is 491 g/mol. The molecular formula is C17H13ClF6N2O4S. The van der Waals surface area contributed by atoms with Gasteiger partial charge in [-0.2, -0.15) is 13.2 Å². The number of ether oxygens (including phenoxy) is 1. The summed E-state index contributed by atoms with van der Waals surface area (Å²) >= 11 is 5.85. The van der Waals surface area contributed by atoms with Crippen LogP contribution in [0, 0.1) is 0 Å². The van der Waals surface area contributed by atoms with E-state index in [-0.39, 0.29) is 10.7 Å². The van der Waals surface area contributed by atoms with E-state index in [0.717, 1.165) is 30.3 Å². The molecule has 2 rings (SSSR count). The summed E-state index contributed by atoms with van der Waals surface area (Å²) in [7, 11) is -4.24. The topological polar surface area (TPSA) is 75.7 Å². The number of carbonyl (C=O) groups excluding carboxylic acids is 1. The van der Waals surface area contributed by atoms with Crippen molar-refractivity contribution in [3.05, 3.63) is 53.1 Å². The molecule has 31 heavy (non-hydrogen) atoms. The molecular weight excluding hydrogens is 478 g/mol. The molecule has 0 spiro atoms. The lowest BCUT2D eigenvalue weighted by molar-refractivity contribution is -0.274. The van der Waals surface area contributed by atoms with E-state index in [9.17, 15) is 39.6 Å². The third kappa shape index (κ3) is 7.21. The zero-order valence-electron chi connectivity index (χ0n) is 15.4. The van der Waals surface area contributed by atoms with Gasteiger partial charge in [0.25, 0.3) is 0 Å². The van der Waals surface area contributed by atoms with Crippen molar-refractivity contribution < 1.29 is 44.3 Å². The Kier molecular flexibility index (Phi) is 7.00. The van der Waals surface area contributed by atoms with Crippen LogP contribution in [0.25, 0.3) is 0 Å². The van der Waals surface area contributed by atoms with Crippen LogP contribution in [0.4, 0.5) is 37.7 Å². The van der Waals surface area contributed by atoms with E-state index < -0.39 is 52.0 Å². The summed E-state index contributed by atoms with van der Waals surface area (Å²) in [5.74, 6) is -1.54. The van der Waals surface area contributed by atoms with Crippen LogP contribution in [0.1, 0.15) is 5.56 Å². The van der Waals surface area contributed by atoms with Crippen LogP contribution < -0.4 is 14.4 Å². The number of benzene rings is 2. The second kappa shape index (κ2) is 8.83. The predicted molar refractivity (Wildman–Crippen MR) is 100 cm³/mol. The van der Waals surface area contributed by atoms with Crippen molar-refractivity contribution in [1.82, 2.24) is 0 Å². The Balaban J connectivity index is 2.24. The molecule has 2 aromatic rings. The first-order chi connectivity index (χ1) is 14.1. The number of halogens is 7. The minimum Gasteiger partial charge on any atom is -0.406 e. The number of hydrogen-bond acceptors (Lipinski definition) is 4. The number of anilines is 2. The van der Waals surface area contributed by atoms with Gasteiger partial charge in [-0.15, -0.1) is 13.2 Å². The number of nitrogens with zero attached hydrogens (tertiary/aromatic N) is 1. The second-order valence-corrected chi connectivity index (χ2v) is 8.37. The fourth-order valence-corrected chi connectivity index (χ4v) is 3.46. The number of carbonyl (C=O) groups is 1. The molecule has 0 fully saturated rings. The lowest BCUT2D eigenvalue weighted by Gasteiger charge is -2.24. The molecule has 0 atom stereocenters. The van der Waals surface area contributed by atoms with Gasteiger partial charge in [-0.25, -0.2) is 8.42 Å². The van der Waals surface area contributed by atoms with E-state index in [4.69, 9.17) is 11.6 Å². The summed E-state index contributed by atoms with van der Waals surface area (Å²) in [6.45, 7) is -0.944. The molecule has 1 N–H and O–H groups in total. The highest BCUT2D eigenvalue weighted by Gasteiger charge is 2.33. The number of amides is 1. The highest BCUT2D eigenvalue weighted by atomic mass is 35.5. The number of hydrogen-bond donors (Lipinski definition) is 1. The van der Waals surface area contributed by atoms with E-state index >= 15 is 0 Å². The standard InChI is InChI=1S/C17H13ClF6N2O4S/c1-31(28,29)26(14-8-10(16(19,20)21)2-7-13(14)18)9-15(27)25-11-3-5-12(6-4-11)30-17(22,23)24/h2-8H,9H2,1H3,(H,25,27). The predicted octanol–water partition coefficient (Wildman–Crippen LogP) is 4.66. The first kappa shape index (κ1) is 24.6. The van der Waals surface area contributed by atoms with Crippen molar-refractivity contribution in [3.63, 3.8) is 0 Å². The third-order valence-electron chi connectivity index (χ3n) is 3.60. The quantitative estimate of drug-likeness (QED) is 0.598. The average Bonchev–Trinajstić information content (AvgIpc) is 2.59. The summed E-state index contributed by atoms with van der Waals surface area (Å²) in [5.41, 5.74) is -1.76. The normalized spacial score (nSPS) is 12.4. The molecule has 2 aromatic carbocycles. The van der Waals surface area contributed by atoms with Crippen molar-refractivity contribution in [2.75, 3.05) is 22.4 Å². The van der Waals surface area contributed by atoms with Crippen molar-refractivity contribution >= 4 is 38.9 Å². The van der Waals surface area contributed by atoms with Crippen molar-refractivity contribution in [2.45, 2.75) is 12.5 Å². The fraction of sp³-hybridized carbons (Fsp3) is 0.235. The third-order valence-corrected chi connectivity index (χ3v) is 5.05. The van der Waals surface area contributed by atoms with Gasteiger partial charge in [0.05, 0.1) is 22.5 Å². The van der Waals surface area contributed by atoms with Crippen molar-refractivity contribution in [3.8, 4) is 5.75 Å². The van der Waals surface area contributed by atoms with Gasteiger partial charge in [-0.05, 0) is 42.5 Å². The first-order valence-corrected chi connectivity index (χ1v) is 10.3. The molecule has 0 heterocycles. The molecule has 0 radical (unpaired) electrons. The maximum Gasteiger partial charge on any atom is 0.573 e. The first-order valence-electron chi connectivity index (χ1n) is 8.06. The fourth-order valence-electron chi connectivity index (χ4n) is 2.33. The molecule has 170 valence electrons. The zero-order chi connectivity index (χ0) is 23.6. The number of alkyl halides is 6.